The van der Waals surface area contributed by atoms with Gasteiger partial charge in [-0.1, -0.05) is 44.9 Å². The Bertz CT molecular complexity index is 754. The Balaban J connectivity index is 1.96. The van der Waals surface area contributed by atoms with Gasteiger partial charge in [0.05, 0.1) is 20.9 Å². The van der Waals surface area contributed by atoms with Gasteiger partial charge in [0.25, 0.3) is 0 Å². The third-order valence-corrected chi connectivity index (χ3v) is 4.47. The second-order valence-corrected chi connectivity index (χ2v) is 6.59. The third-order valence-electron chi connectivity index (χ3n) is 2.72. The van der Waals surface area contributed by atoms with Crippen molar-refractivity contribution in [2.45, 2.75) is 6.92 Å². The lowest BCUT2D eigenvalue weighted by Crippen LogP contribution is -1.89. The van der Waals surface area contributed by atoms with Crippen molar-refractivity contribution in [3.05, 3.63) is 51.5 Å². The van der Waals surface area contributed by atoms with Crippen LogP contribution in [0.5, 0.6) is 0 Å². The molecule has 0 amide bonds. The smallest absolute Gasteiger partial charge is 0.188 e. The molecule has 1 N–H and O–H groups in total. The van der Waals surface area contributed by atoms with Gasteiger partial charge in [0.15, 0.2) is 5.13 Å². The Labute approximate surface area is 128 Å². The van der Waals surface area contributed by atoms with Crippen molar-refractivity contribution in [1.82, 2.24) is 4.98 Å². The number of fused-ring (bicyclic) bond motifs is 1. The average molecular weight is 354 g/mol. The van der Waals surface area contributed by atoms with Crippen LogP contribution >= 0.6 is 38.9 Å². The summed E-state index contributed by atoms with van der Waals surface area (Å²) in [6, 6.07) is 12.0. The van der Waals surface area contributed by atoms with Crippen molar-refractivity contribution in [2.75, 3.05) is 5.32 Å². The highest BCUT2D eigenvalue weighted by Crippen LogP contribution is 2.32. The number of rotatable bonds is 2. The van der Waals surface area contributed by atoms with Crippen LogP contribution in [0.4, 0.5) is 10.8 Å². The lowest BCUT2D eigenvalue weighted by atomic mass is 10.2. The molecule has 2 nitrogen and oxygen atoms in total. The van der Waals surface area contributed by atoms with Crippen molar-refractivity contribution in [3.63, 3.8) is 0 Å². The topological polar surface area (TPSA) is 24.9 Å². The van der Waals surface area contributed by atoms with Gasteiger partial charge in [-0.05, 0) is 42.8 Å². The molecule has 0 saturated carbocycles. The van der Waals surface area contributed by atoms with E-state index >= 15 is 0 Å². The van der Waals surface area contributed by atoms with Gasteiger partial charge >= 0.3 is 0 Å². The van der Waals surface area contributed by atoms with Gasteiger partial charge in [-0.3, -0.25) is 0 Å². The van der Waals surface area contributed by atoms with Gasteiger partial charge in [0.1, 0.15) is 0 Å². The molecule has 0 aliphatic heterocycles. The summed E-state index contributed by atoms with van der Waals surface area (Å²) in [6.45, 7) is 2.07. The Morgan fingerprint density at radius 1 is 1.21 bits per heavy atom. The molecule has 19 heavy (non-hydrogen) atoms. The number of nitrogens with zero attached hydrogens (tertiary/aromatic N) is 1. The van der Waals surface area contributed by atoms with Crippen LogP contribution in [0.15, 0.2) is 40.9 Å². The summed E-state index contributed by atoms with van der Waals surface area (Å²) in [5, 5.41) is 4.79. The first-order valence-corrected chi connectivity index (χ1v) is 7.70. The first-order chi connectivity index (χ1) is 9.11. The normalized spacial score (nSPS) is 10.9. The minimum Gasteiger partial charge on any atom is -0.330 e. The summed E-state index contributed by atoms with van der Waals surface area (Å²) >= 11 is 11.2. The lowest BCUT2D eigenvalue weighted by molar-refractivity contribution is 1.42. The molecular weight excluding hydrogens is 344 g/mol. The third kappa shape index (κ3) is 2.76. The molecule has 0 aliphatic rings. The van der Waals surface area contributed by atoms with Gasteiger partial charge in [-0.25, -0.2) is 4.98 Å². The average Bonchev–Trinajstić information content (AvgIpc) is 2.74. The SMILES string of the molecule is Cc1ccc2sc(Nc3ccc(Br)cc3Cl)nc2c1. The molecule has 0 bridgehead atoms. The van der Waals surface area contributed by atoms with Crippen LogP contribution < -0.4 is 5.32 Å². The number of aromatic nitrogens is 1. The molecule has 0 unspecified atom stereocenters. The number of thiazole rings is 1. The fourth-order valence-corrected chi connectivity index (χ4v) is 3.38. The Morgan fingerprint density at radius 3 is 2.84 bits per heavy atom. The van der Waals surface area contributed by atoms with E-state index < -0.39 is 0 Å². The van der Waals surface area contributed by atoms with Crippen LogP contribution in [-0.2, 0) is 0 Å². The molecule has 3 aromatic rings. The molecule has 0 saturated heterocycles. The van der Waals surface area contributed by atoms with Crippen LogP contribution in [0.2, 0.25) is 5.02 Å². The summed E-state index contributed by atoms with van der Waals surface area (Å²) in [5.41, 5.74) is 3.09. The van der Waals surface area contributed by atoms with E-state index in [1.807, 2.05) is 18.2 Å². The van der Waals surface area contributed by atoms with Gasteiger partial charge in [-0.15, -0.1) is 0 Å². The van der Waals surface area contributed by atoms with Crippen LogP contribution in [0.3, 0.4) is 0 Å². The number of hydrogen-bond acceptors (Lipinski definition) is 3. The van der Waals surface area contributed by atoms with E-state index in [0.29, 0.717) is 5.02 Å². The highest BCUT2D eigenvalue weighted by atomic mass is 79.9. The van der Waals surface area contributed by atoms with E-state index in [2.05, 4.69) is 51.4 Å². The monoisotopic (exact) mass is 352 g/mol. The van der Waals surface area contributed by atoms with Crippen LogP contribution in [0, 0.1) is 6.92 Å². The maximum Gasteiger partial charge on any atom is 0.188 e. The number of halogens is 2. The zero-order valence-electron chi connectivity index (χ0n) is 10.1. The molecule has 0 fully saturated rings. The second-order valence-electron chi connectivity index (χ2n) is 4.24. The Hall–Kier alpha value is -1.10. The molecule has 1 heterocycles. The van der Waals surface area contributed by atoms with Crippen molar-refractivity contribution in [1.29, 1.82) is 0 Å². The van der Waals surface area contributed by atoms with Crippen molar-refractivity contribution in [3.8, 4) is 0 Å². The summed E-state index contributed by atoms with van der Waals surface area (Å²) < 4.78 is 2.13. The fourth-order valence-electron chi connectivity index (χ4n) is 1.80. The highest BCUT2D eigenvalue weighted by molar-refractivity contribution is 9.10. The molecule has 3 rings (SSSR count). The molecule has 5 heteroatoms. The minimum absolute atomic E-state index is 0.671. The van der Waals surface area contributed by atoms with Crippen molar-refractivity contribution < 1.29 is 0 Å². The lowest BCUT2D eigenvalue weighted by Gasteiger charge is -2.04. The number of benzene rings is 2. The zero-order chi connectivity index (χ0) is 13.4. The first kappa shape index (κ1) is 12.9. The quantitative estimate of drug-likeness (QED) is 0.633. The molecule has 0 aliphatic carbocycles. The fraction of sp³-hybridized carbons (Fsp3) is 0.0714. The molecule has 96 valence electrons. The highest BCUT2D eigenvalue weighted by Gasteiger charge is 2.06. The van der Waals surface area contributed by atoms with Crippen LogP contribution in [0.1, 0.15) is 5.56 Å². The molecule has 1 aromatic heterocycles. The second kappa shape index (κ2) is 5.12. The molecule has 0 atom stereocenters. The minimum atomic E-state index is 0.671. The van der Waals surface area contributed by atoms with E-state index in [-0.39, 0.29) is 0 Å². The van der Waals surface area contributed by atoms with E-state index in [0.717, 1.165) is 20.8 Å². The number of aryl methyl sites for hydroxylation is 1. The van der Waals surface area contributed by atoms with Gasteiger partial charge < -0.3 is 5.32 Å². The predicted octanol–water partition coefficient (Wildman–Crippen LogP) is 5.76. The van der Waals surface area contributed by atoms with Crippen LogP contribution in [0.25, 0.3) is 10.2 Å². The number of anilines is 2. The van der Waals surface area contributed by atoms with Crippen LogP contribution in [-0.4, -0.2) is 4.98 Å². The van der Waals surface area contributed by atoms with E-state index in [4.69, 9.17) is 11.6 Å². The zero-order valence-corrected chi connectivity index (χ0v) is 13.2. The molecule has 2 aromatic carbocycles. The predicted molar refractivity (Wildman–Crippen MR) is 86.8 cm³/mol. The van der Waals surface area contributed by atoms with E-state index in [1.54, 1.807) is 11.3 Å². The largest absolute Gasteiger partial charge is 0.330 e. The number of nitrogens with one attached hydrogen (secondary N) is 1. The van der Waals surface area contributed by atoms with E-state index in [9.17, 15) is 0 Å². The van der Waals surface area contributed by atoms with Gasteiger partial charge in [-0.2, -0.15) is 0 Å². The first-order valence-electron chi connectivity index (χ1n) is 5.71. The van der Waals surface area contributed by atoms with Gasteiger partial charge in [0.2, 0.25) is 0 Å². The summed E-state index contributed by atoms with van der Waals surface area (Å²) in [4.78, 5) is 4.57. The maximum atomic E-state index is 6.19. The molecule has 0 spiro atoms. The van der Waals surface area contributed by atoms with Crippen molar-refractivity contribution >= 4 is 59.9 Å². The Morgan fingerprint density at radius 2 is 2.05 bits per heavy atom. The number of hydrogen-bond donors (Lipinski definition) is 1. The molecular formula is C14H10BrClN2S. The van der Waals surface area contributed by atoms with Gasteiger partial charge in [0, 0.05) is 4.47 Å². The molecule has 0 radical (unpaired) electrons. The summed E-state index contributed by atoms with van der Waals surface area (Å²) in [5.74, 6) is 0. The maximum absolute atomic E-state index is 6.19. The standard InChI is InChI=1S/C14H10BrClN2S/c1-8-2-5-13-12(6-8)18-14(19-13)17-11-4-3-9(15)7-10(11)16/h2-7H,1H3,(H,17,18). The summed E-state index contributed by atoms with van der Waals surface area (Å²) in [6.07, 6.45) is 0. The van der Waals surface area contributed by atoms with Crippen molar-refractivity contribution in [2.24, 2.45) is 0 Å². The summed E-state index contributed by atoms with van der Waals surface area (Å²) in [7, 11) is 0. The Kier molecular flexibility index (Phi) is 3.48. The van der Waals surface area contributed by atoms with E-state index in [1.165, 1.54) is 10.3 Å².